The van der Waals surface area contributed by atoms with Crippen molar-refractivity contribution in [1.82, 2.24) is 0 Å². The first-order valence-corrected chi connectivity index (χ1v) is 8.00. The van der Waals surface area contributed by atoms with E-state index in [4.69, 9.17) is 10.00 Å². The first-order valence-electron chi connectivity index (χ1n) is 7.21. The van der Waals surface area contributed by atoms with Crippen LogP contribution < -0.4 is 10.1 Å². The number of ether oxygens (including phenoxy) is 1. The Morgan fingerprint density at radius 1 is 1.17 bits per heavy atom. The quantitative estimate of drug-likeness (QED) is 0.713. The molecule has 5 heteroatoms. The molecule has 3 rings (SSSR count). The molecular weight excluding hydrogens is 368 g/mol. The summed E-state index contributed by atoms with van der Waals surface area (Å²) in [7, 11) is 1.54. The zero-order valence-electron chi connectivity index (χ0n) is 12.8. The van der Waals surface area contributed by atoms with E-state index in [1.165, 1.54) is 0 Å². The molecule has 0 spiro atoms. The fourth-order valence-corrected chi connectivity index (χ4v) is 3.00. The molecule has 0 bridgehead atoms. The Hall–Kier alpha value is -2.84. The maximum absolute atomic E-state index is 12.8. The van der Waals surface area contributed by atoms with Crippen molar-refractivity contribution in [3.8, 4) is 11.8 Å². The lowest BCUT2D eigenvalue weighted by molar-refractivity contribution is 0.102. The van der Waals surface area contributed by atoms with Gasteiger partial charge in [0.1, 0.15) is 5.75 Å². The summed E-state index contributed by atoms with van der Waals surface area (Å²) in [5, 5.41) is 13.6. The Labute approximate surface area is 147 Å². The van der Waals surface area contributed by atoms with Gasteiger partial charge in [-0.2, -0.15) is 5.26 Å². The van der Waals surface area contributed by atoms with Crippen LogP contribution in [0.3, 0.4) is 0 Å². The molecule has 0 unspecified atom stereocenters. The van der Waals surface area contributed by atoms with Gasteiger partial charge in [0, 0.05) is 4.47 Å². The standard InChI is InChI=1S/C19H13BrN2O2/c1-24-17-9-7-13-4-2-3-5-14(13)18(17)19(23)22-16-8-6-12(11-21)10-15(16)20/h2-10H,1H3,(H,22,23). The smallest absolute Gasteiger partial charge is 0.260 e. The summed E-state index contributed by atoms with van der Waals surface area (Å²) in [6, 6.07) is 18.4. The predicted molar refractivity (Wildman–Crippen MR) is 97.3 cm³/mol. The minimum Gasteiger partial charge on any atom is -0.496 e. The molecule has 0 fully saturated rings. The van der Waals surface area contributed by atoms with Crippen LogP contribution in [-0.2, 0) is 0 Å². The van der Waals surface area contributed by atoms with Crippen LogP contribution >= 0.6 is 15.9 Å². The molecule has 0 aliphatic heterocycles. The second kappa shape index (κ2) is 6.73. The molecular formula is C19H13BrN2O2. The molecule has 0 heterocycles. The molecule has 0 radical (unpaired) electrons. The van der Waals surface area contributed by atoms with Crippen LogP contribution in [-0.4, -0.2) is 13.0 Å². The summed E-state index contributed by atoms with van der Waals surface area (Å²) < 4.78 is 6.01. The Balaban J connectivity index is 2.04. The molecule has 0 saturated heterocycles. The minimum absolute atomic E-state index is 0.269. The summed E-state index contributed by atoms with van der Waals surface area (Å²) in [6.45, 7) is 0. The zero-order valence-corrected chi connectivity index (χ0v) is 14.4. The largest absolute Gasteiger partial charge is 0.496 e. The number of halogens is 1. The normalized spacial score (nSPS) is 10.2. The number of anilines is 1. The van der Waals surface area contributed by atoms with Crippen molar-refractivity contribution in [2.75, 3.05) is 12.4 Å². The van der Waals surface area contributed by atoms with E-state index in [0.717, 1.165) is 10.8 Å². The molecule has 118 valence electrons. The third-order valence-electron chi connectivity index (χ3n) is 3.68. The Morgan fingerprint density at radius 2 is 1.96 bits per heavy atom. The van der Waals surface area contributed by atoms with E-state index in [-0.39, 0.29) is 5.91 Å². The lowest BCUT2D eigenvalue weighted by Gasteiger charge is -2.13. The van der Waals surface area contributed by atoms with E-state index < -0.39 is 0 Å². The van der Waals surface area contributed by atoms with E-state index in [1.807, 2.05) is 30.3 Å². The zero-order chi connectivity index (χ0) is 17.1. The summed E-state index contributed by atoms with van der Waals surface area (Å²) in [6.07, 6.45) is 0. The minimum atomic E-state index is -0.269. The number of benzene rings is 3. The van der Waals surface area contributed by atoms with E-state index in [9.17, 15) is 4.79 Å². The van der Waals surface area contributed by atoms with Crippen LogP contribution in [0.1, 0.15) is 15.9 Å². The van der Waals surface area contributed by atoms with Crippen molar-refractivity contribution in [2.45, 2.75) is 0 Å². The fraction of sp³-hybridized carbons (Fsp3) is 0.0526. The van der Waals surface area contributed by atoms with Crippen LogP contribution in [0.5, 0.6) is 5.75 Å². The van der Waals surface area contributed by atoms with E-state index in [0.29, 0.717) is 27.0 Å². The Kier molecular flexibility index (Phi) is 4.50. The lowest BCUT2D eigenvalue weighted by atomic mass is 10.0. The number of carbonyl (C=O) groups excluding carboxylic acids is 1. The van der Waals surface area contributed by atoms with Gasteiger partial charge in [-0.1, -0.05) is 30.3 Å². The van der Waals surface area contributed by atoms with Crippen molar-refractivity contribution in [2.24, 2.45) is 0 Å². The van der Waals surface area contributed by atoms with Gasteiger partial charge in [0.05, 0.1) is 30.0 Å². The van der Waals surface area contributed by atoms with Crippen LogP contribution in [0.15, 0.2) is 59.1 Å². The molecule has 0 aliphatic rings. The second-order valence-electron chi connectivity index (χ2n) is 5.12. The maximum atomic E-state index is 12.8. The number of hydrogen-bond acceptors (Lipinski definition) is 3. The van der Waals surface area contributed by atoms with Gasteiger partial charge in [-0.25, -0.2) is 0 Å². The number of nitriles is 1. The molecule has 3 aromatic carbocycles. The molecule has 0 aromatic heterocycles. The molecule has 24 heavy (non-hydrogen) atoms. The topological polar surface area (TPSA) is 62.1 Å². The van der Waals surface area contributed by atoms with E-state index in [1.54, 1.807) is 31.4 Å². The van der Waals surface area contributed by atoms with Gasteiger partial charge < -0.3 is 10.1 Å². The molecule has 1 N–H and O–H groups in total. The molecule has 0 atom stereocenters. The van der Waals surface area contributed by atoms with Gasteiger partial charge in [-0.15, -0.1) is 0 Å². The summed E-state index contributed by atoms with van der Waals surface area (Å²) in [5.41, 5.74) is 1.59. The SMILES string of the molecule is COc1ccc2ccccc2c1C(=O)Nc1ccc(C#N)cc1Br. The van der Waals surface area contributed by atoms with Gasteiger partial charge in [0.25, 0.3) is 5.91 Å². The Morgan fingerprint density at radius 3 is 2.67 bits per heavy atom. The number of carbonyl (C=O) groups is 1. The maximum Gasteiger partial charge on any atom is 0.260 e. The third-order valence-corrected chi connectivity index (χ3v) is 4.34. The van der Waals surface area contributed by atoms with Crippen molar-refractivity contribution in [3.05, 3.63) is 70.2 Å². The number of rotatable bonds is 3. The number of fused-ring (bicyclic) bond motifs is 1. The van der Waals surface area contributed by atoms with Crippen molar-refractivity contribution >= 4 is 38.3 Å². The molecule has 3 aromatic rings. The first kappa shape index (κ1) is 16.0. The van der Waals surface area contributed by atoms with Crippen molar-refractivity contribution in [3.63, 3.8) is 0 Å². The molecule has 0 aliphatic carbocycles. The van der Waals surface area contributed by atoms with Crippen LogP contribution in [0.2, 0.25) is 0 Å². The van der Waals surface area contributed by atoms with E-state index in [2.05, 4.69) is 27.3 Å². The lowest BCUT2D eigenvalue weighted by Crippen LogP contribution is -2.14. The van der Waals surface area contributed by atoms with E-state index >= 15 is 0 Å². The Bertz CT molecular complexity index is 977. The predicted octanol–water partition coefficient (Wildman–Crippen LogP) is 4.73. The highest BCUT2D eigenvalue weighted by atomic mass is 79.9. The van der Waals surface area contributed by atoms with Gasteiger partial charge in [-0.05, 0) is 51.0 Å². The summed E-state index contributed by atoms with van der Waals surface area (Å²) >= 11 is 3.38. The monoisotopic (exact) mass is 380 g/mol. The van der Waals surface area contributed by atoms with Crippen molar-refractivity contribution in [1.29, 1.82) is 5.26 Å². The average Bonchev–Trinajstić information content (AvgIpc) is 2.62. The summed E-state index contributed by atoms with van der Waals surface area (Å²) in [4.78, 5) is 12.8. The number of nitrogens with zero attached hydrogens (tertiary/aromatic N) is 1. The highest BCUT2D eigenvalue weighted by Crippen LogP contribution is 2.30. The molecule has 1 amide bonds. The average molecular weight is 381 g/mol. The van der Waals surface area contributed by atoms with Gasteiger partial charge in [0.15, 0.2) is 0 Å². The third kappa shape index (κ3) is 2.97. The van der Waals surface area contributed by atoms with Crippen LogP contribution in [0.4, 0.5) is 5.69 Å². The highest BCUT2D eigenvalue weighted by molar-refractivity contribution is 9.10. The van der Waals surface area contributed by atoms with Gasteiger partial charge in [-0.3, -0.25) is 4.79 Å². The van der Waals surface area contributed by atoms with Crippen molar-refractivity contribution < 1.29 is 9.53 Å². The van der Waals surface area contributed by atoms with Gasteiger partial charge >= 0.3 is 0 Å². The van der Waals surface area contributed by atoms with Crippen LogP contribution in [0.25, 0.3) is 10.8 Å². The first-order chi connectivity index (χ1) is 11.6. The number of amides is 1. The summed E-state index contributed by atoms with van der Waals surface area (Å²) in [5.74, 6) is 0.241. The molecule has 0 saturated carbocycles. The number of hydrogen-bond donors (Lipinski definition) is 1. The highest BCUT2D eigenvalue weighted by Gasteiger charge is 2.17. The number of nitrogens with one attached hydrogen (secondary N) is 1. The second-order valence-corrected chi connectivity index (χ2v) is 5.98. The fourth-order valence-electron chi connectivity index (χ4n) is 2.53. The number of methoxy groups -OCH3 is 1. The molecule has 4 nitrogen and oxygen atoms in total. The van der Waals surface area contributed by atoms with Gasteiger partial charge in [0.2, 0.25) is 0 Å². The van der Waals surface area contributed by atoms with Crippen LogP contribution in [0, 0.1) is 11.3 Å².